The molecule has 0 saturated carbocycles. The average Bonchev–Trinajstić information content (AvgIpc) is 3.50. The number of rotatable bonds is 4. The number of para-hydroxylation sites is 2. The molecule has 36 heavy (non-hydrogen) atoms. The SMILES string of the molecule is O=C1[C@@H]2Cc3c([nH]c4ccccc34)[C@H](c3ccccc3)N2C(=O)CN1CCc1c[nH]c2ccccc12. The second-order valence-corrected chi connectivity index (χ2v) is 9.77. The summed E-state index contributed by atoms with van der Waals surface area (Å²) in [7, 11) is 0. The molecule has 1 saturated heterocycles. The second kappa shape index (κ2) is 8.12. The molecule has 5 aromatic rings. The molecule has 3 aromatic carbocycles. The van der Waals surface area contributed by atoms with E-state index < -0.39 is 6.04 Å². The van der Waals surface area contributed by atoms with Gasteiger partial charge < -0.3 is 19.8 Å². The Kier molecular flexibility index (Phi) is 4.74. The van der Waals surface area contributed by atoms with Gasteiger partial charge in [-0.3, -0.25) is 9.59 Å². The van der Waals surface area contributed by atoms with Crippen molar-refractivity contribution >= 4 is 33.6 Å². The lowest BCUT2D eigenvalue weighted by molar-refractivity contribution is -0.158. The summed E-state index contributed by atoms with van der Waals surface area (Å²) in [5.74, 6) is 0.0305. The van der Waals surface area contributed by atoms with Crippen molar-refractivity contribution in [3.63, 3.8) is 0 Å². The zero-order valence-electron chi connectivity index (χ0n) is 19.8. The Hall–Kier alpha value is -4.32. The number of aromatic nitrogens is 2. The molecule has 0 unspecified atom stereocenters. The van der Waals surface area contributed by atoms with Crippen LogP contribution in [0.1, 0.15) is 28.4 Å². The first kappa shape index (κ1) is 21.0. The smallest absolute Gasteiger partial charge is 0.246 e. The first-order chi connectivity index (χ1) is 17.7. The zero-order valence-corrected chi connectivity index (χ0v) is 19.8. The molecule has 2 atom stereocenters. The van der Waals surface area contributed by atoms with Crippen molar-refractivity contribution in [3.05, 3.63) is 107 Å². The molecule has 2 amide bonds. The summed E-state index contributed by atoms with van der Waals surface area (Å²) in [4.78, 5) is 38.0. The lowest BCUT2D eigenvalue weighted by Gasteiger charge is -2.47. The number of hydrogen-bond acceptors (Lipinski definition) is 2. The molecule has 0 aliphatic carbocycles. The first-order valence-corrected chi connectivity index (χ1v) is 12.5. The molecule has 1 fully saturated rings. The predicted molar refractivity (Wildman–Crippen MR) is 140 cm³/mol. The topological polar surface area (TPSA) is 72.2 Å². The van der Waals surface area contributed by atoms with Crippen molar-refractivity contribution in [2.24, 2.45) is 0 Å². The molecule has 6 heteroatoms. The van der Waals surface area contributed by atoms with Gasteiger partial charge >= 0.3 is 0 Å². The number of carbonyl (C=O) groups is 2. The number of nitrogens with one attached hydrogen (secondary N) is 2. The number of carbonyl (C=O) groups excluding carboxylic acids is 2. The van der Waals surface area contributed by atoms with Gasteiger partial charge in [0.25, 0.3) is 0 Å². The van der Waals surface area contributed by atoms with E-state index in [1.54, 1.807) is 4.90 Å². The zero-order chi connectivity index (χ0) is 24.2. The number of benzene rings is 3. The third-order valence-corrected chi connectivity index (χ3v) is 7.78. The molecule has 0 bridgehead atoms. The van der Waals surface area contributed by atoms with Crippen LogP contribution < -0.4 is 0 Å². The maximum Gasteiger partial charge on any atom is 0.246 e. The Morgan fingerprint density at radius 2 is 1.56 bits per heavy atom. The number of H-pyrrole nitrogens is 2. The van der Waals surface area contributed by atoms with Crippen LogP contribution in [-0.4, -0.2) is 50.7 Å². The van der Waals surface area contributed by atoms with Crippen LogP contribution in [0.2, 0.25) is 0 Å². The largest absolute Gasteiger partial charge is 0.361 e. The maximum atomic E-state index is 13.9. The summed E-state index contributed by atoms with van der Waals surface area (Å²) in [6.07, 6.45) is 3.24. The third-order valence-electron chi connectivity index (χ3n) is 7.78. The number of fused-ring (bicyclic) bond motifs is 5. The van der Waals surface area contributed by atoms with Gasteiger partial charge in [-0.15, -0.1) is 0 Å². The summed E-state index contributed by atoms with van der Waals surface area (Å²) in [6.45, 7) is 0.629. The Bertz CT molecular complexity index is 1620. The Balaban J connectivity index is 1.25. The highest BCUT2D eigenvalue weighted by Crippen LogP contribution is 2.42. The van der Waals surface area contributed by atoms with Crippen LogP contribution in [0.3, 0.4) is 0 Å². The Morgan fingerprint density at radius 3 is 2.39 bits per heavy atom. The van der Waals surface area contributed by atoms with E-state index in [2.05, 4.69) is 34.2 Å². The molecule has 178 valence electrons. The van der Waals surface area contributed by atoms with Gasteiger partial charge in [0.15, 0.2) is 0 Å². The molecular weight excluding hydrogens is 448 g/mol. The van der Waals surface area contributed by atoms with Crippen LogP contribution in [-0.2, 0) is 22.4 Å². The highest BCUT2D eigenvalue weighted by molar-refractivity contribution is 5.97. The van der Waals surface area contributed by atoms with Crippen molar-refractivity contribution < 1.29 is 9.59 Å². The second-order valence-electron chi connectivity index (χ2n) is 9.77. The van der Waals surface area contributed by atoms with E-state index in [0.717, 1.165) is 38.8 Å². The van der Waals surface area contributed by atoms with Crippen LogP contribution in [0.25, 0.3) is 21.8 Å². The molecular formula is C30H26N4O2. The van der Waals surface area contributed by atoms with Crippen molar-refractivity contribution in [3.8, 4) is 0 Å². The van der Waals surface area contributed by atoms with E-state index in [9.17, 15) is 9.59 Å². The predicted octanol–water partition coefficient (Wildman–Crippen LogP) is 4.58. The Labute approximate surface area is 208 Å². The highest BCUT2D eigenvalue weighted by Gasteiger charge is 2.48. The van der Waals surface area contributed by atoms with E-state index in [1.807, 2.05) is 65.7 Å². The van der Waals surface area contributed by atoms with Crippen molar-refractivity contribution in [2.45, 2.75) is 24.9 Å². The van der Waals surface area contributed by atoms with Crippen LogP contribution >= 0.6 is 0 Å². The quantitative estimate of drug-likeness (QED) is 0.400. The summed E-state index contributed by atoms with van der Waals surface area (Å²) in [5.41, 5.74) is 6.47. The fourth-order valence-electron chi connectivity index (χ4n) is 6.09. The van der Waals surface area contributed by atoms with Gasteiger partial charge in [-0.05, 0) is 35.2 Å². The van der Waals surface area contributed by atoms with Gasteiger partial charge in [-0.2, -0.15) is 0 Å². The highest BCUT2D eigenvalue weighted by atomic mass is 16.2. The first-order valence-electron chi connectivity index (χ1n) is 12.5. The van der Waals surface area contributed by atoms with E-state index in [0.29, 0.717) is 19.4 Å². The maximum absolute atomic E-state index is 13.9. The van der Waals surface area contributed by atoms with Crippen LogP contribution in [0.4, 0.5) is 0 Å². The van der Waals surface area contributed by atoms with Gasteiger partial charge in [0.1, 0.15) is 6.04 Å². The molecule has 0 spiro atoms. The van der Waals surface area contributed by atoms with E-state index in [4.69, 9.17) is 0 Å². The monoisotopic (exact) mass is 474 g/mol. The summed E-state index contributed by atoms with van der Waals surface area (Å²) in [6, 6.07) is 25.6. The number of amides is 2. The molecule has 2 aliphatic heterocycles. The van der Waals surface area contributed by atoms with E-state index >= 15 is 0 Å². The number of nitrogens with zero attached hydrogens (tertiary/aromatic N) is 2. The molecule has 2 aliphatic rings. The standard InChI is InChI=1S/C30H26N4O2/c35-27-18-33(15-14-20-17-31-24-12-6-4-10-21(20)24)30(36)26-16-23-22-11-5-7-13-25(22)32-28(23)29(34(26)27)19-8-2-1-3-9-19/h1-13,17,26,29,31-32H,14-16,18H2/t26-,29-/m0/s1. The normalized spacial score (nSPS) is 19.7. The lowest BCUT2D eigenvalue weighted by atomic mass is 9.86. The van der Waals surface area contributed by atoms with E-state index in [-0.39, 0.29) is 24.4 Å². The van der Waals surface area contributed by atoms with Crippen molar-refractivity contribution in [2.75, 3.05) is 13.1 Å². The molecule has 6 nitrogen and oxygen atoms in total. The third kappa shape index (κ3) is 3.18. The van der Waals surface area contributed by atoms with Gasteiger partial charge in [-0.25, -0.2) is 0 Å². The molecule has 2 N–H and O–H groups in total. The van der Waals surface area contributed by atoms with Gasteiger partial charge in [0, 0.05) is 46.7 Å². The minimum absolute atomic E-state index is 0.00307. The summed E-state index contributed by atoms with van der Waals surface area (Å²) in [5, 5.41) is 2.30. The average molecular weight is 475 g/mol. The summed E-state index contributed by atoms with van der Waals surface area (Å²) < 4.78 is 0. The summed E-state index contributed by atoms with van der Waals surface area (Å²) >= 11 is 0. The number of piperazine rings is 1. The Morgan fingerprint density at radius 1 is 0.833 bits per heavy atom. The van der Waals surface area contributed by atoms with Crippen LogP contribution in [0.15, 0.2) is 85.1 Å². The van der Waals surface area contributed by atoms with Crippen LogP contribution in [0.5, 0.6) is 0 Å². The number of aromatic amines is 2. The minimum atomic E-state index is -0.508. The van der Waals surface area contributed by atoms with Gasteiger partial charge in [-0.1, -0.05) is 66.7 Å². The molecule has 0 radical (unpaired) electrons. The van der Waals surface area contributed by atoms with E-state index in [1.165, 1.54) is 5.39 Å². The molecule has 4 heterocycles. The minimum Gasteiger partial charge on any atom is -0.361 e. The molecule has 7 rings (SSSR count). The van der Waals surface area contributed by atoms with Gasteiger partial charge in [0.2, 0.25) is 11.8 Å². The lowest BCUT2D eigenvalue weighted by Crippen LogP contribution is -2.63. The van der Waals surface area contributed by atoms with Crippen LogP contribution in [0, 0.1) is 0 Å². The fourth-order valence-corrected chi connectivity index (χ4v) is 6.09. The fraction of sp³-hybridized carbons (Fsp3) is 0.200. The van der Waals surface area contributed by atoms with Crippen molar-refractivity contribution in [1.29, 1.82) is 0 Å². The molecule has 2 aromatic heterocycles. The van der Waals surface area contributed by atoms with Crippen molar-refractivity contribution in [1.82, 2.24) is 19.8 Å². The van der Waals surface area contributed by atoms with Gasteiger partial charge in [0.05, 0.1) is 12.6 Å². The number of hydrogen-bond donors (Lipinski definition) is 2.